The summed E-state index contributed by atoms with van der Waals surface area (Å²) in [5.74, 6) is -1.30. The lowest BCUT2D eigenvalue weighted by Crippen LogP contribution is -2.22. The zero-order valence-electron chi connectivity index (χ0n) is 24.6. The van der Waals surface area contributed by atoms with Crippen molar-refractivity contribution >= 4 is 101 Å². The summed E-state index contributed by atoms with van der Waals surface area (Å²) in [5, 5.41) is 7.45. The van der Waals surface area contributed by atoms with Crippen molar-refractivity contribution in [1.29, 1.82) is 0 Å². The van der Waals surface area contributed by atoms with Gasteiger partial charge in [0.1, 0.15) is 5.15 Å². The lowest BCUT2D eigenvalue weighted by Gasteiger charge is -2.02. The van der Waals surface area contributed by atoms with Gasteiger partial charge in [-0.1, -0.05) is 48.0 Å². The Labute approximate surface area is 286 Å². The summed E-state index contributed by atoms with van der Waals surface area (Å²) in [4.78, 5) is 54.7. The first-order valence-electron chi connectivity index (χ1n) is 12.6. The number of anilines is 1. The Morgan fingerprint density at radius 1 is 0.826 bits per heavy atom. The molecule has 5 rings (SSSR count). The van der Waals surface area contributed by atoms with Crippen LogP contribution in [0.1, 0.15) is 34.0 Å². The van der Waals surface area contributed by atoms with Crippen molar-refractivity contribution in [3.63, 3.8) is 0 Å². The molecule has 7 N–H and O–H groups in total. The van der Waals surface area contributed by atoms with Crippen LogP contribution in [0.4, 0.5) is 5.69 Å². The normalized spacial score (nSPS) is 10.1. The van der Waals surface area contributed by atoms with Crippen LogP contribution in [-0.2, 0) is 9.36 Å². The number of aromatic carboxylic acids is 1. The average molecular weight is 753 g/mol. The zero-order valence-corrected chi connectivity index (χ0v) is 29.2. The van der Waals surface area contributed by atoms with Crippen molar-refractivity contribution in [3.05, 3.63) is 108 Å². The van der Waals surface area contributed by atoms with E-state index >= 15 is 0 Å². The second-order valence-corrected chi connectivity index (χ2v) is 16.3. The van der Waals surface area contributed by atoms with Gasteiger partial charge in [0.05, 0.1) is 22.0 Å². The fourth-order valence-corrected chi connectivity index (χ4v) is 4.19. The number of carboxylic acid groups (broad SMARTS) is 1. The summed E-state index contributed by atoms with van der Waals surface area (Å²) in [6.07, 6.45) is 0. The van der Waals surface area contributed by atoms with Crippen molar-refractivity contribution in [2.45, 2.75) is 27.7 Å². The number of halogens is 5. The number of aryl methyl sites for hydroxylation is 3. The van der Waals surface area contributed by atoms with Gasteiger partial charge in [-0.2, -0.15) is 0 Å². The molecule has 0 atom stereocenters. The second kappa shape index (κ2) is 18.5. The minimum atomic E-state index is -3.22. The average Bonchev–Trinajstić information content (AvgIpc) is 2.87. The van der Waals surface area contributed by atoms with Crippen molar-refractivity contribution in [3.8, 4) is 0 Å². The molecule has 3 aromatic carbocycles. The van der Waals surface area contributed by atoms with E-state index in [0.29, 0.717) is 27.3 Å². The summed E-state index contributed by atoms with van der Waals surface area (Å²) >= 11 is 25.5. The van der Waals surface area contributed by atoms with Crippen LogP contribution >= 0.6 is 62.1 Å². The van der Waals surface area contributed by atoms with E-state index in [2.05, 4.69) is 59.4 Å². The molecule has 0 spiro atoms. The van der Waals surface area contributed by atoms with Gasteiger partial charge in [0.2, 0.25) is 11.2 Å². The maximum absolute atomic E-state index is 11.3. The molecule has 0 saturated carbocycles. The molecule has 0 radical (unpaired) electrons. The molecule has 1 amide bonds. The molecule has 2 heterocycles. The quantitative estimate of drug-likeness (QED) is 0.0500. The van der Waals surface area contributed by atoms with Gasteiger partial charge in [0.15, 0.2) is 0 Å². The number of aromatic amines is 2. The van der Waals surface area contributed by atoms with E-state index in [4.69, 9.17) is 34.0 Å². The standard InChI is InChI=1S/C9H6Cl2N2.C9H8N2O2.C8H9NO2.C2H5NO.Cl3OP/c1-5-3-2-4-6-7(5)8(10)13-9(11)12-6;1-5-3-2-4-6-7(5)8(12)11-9(13)10-6;1-5-3-2-4-6(9)7(5)8(10)11;1-2(3)4;1-5(2,3)4/h2-4H,1H3;2-4H,1H3,(H2,10,11,12,13);2-4H,9H2,1H3,(H,10,11);1H3,(H2,3,4);. The molecule has 0 aliphatic rings. The fraction of sp³-hybridized carbons (Fsp3) is 0.143. The van der Waals surface area contributed by atoms with Crippen molar-refractivity contribution in [1.82, 2.24) is 19.9 Å². The van der Waals surface area contributed by atoms with E-state index in [9.17, 15) is 23.7 Å². The highest BCUT2D eigenvalue weighted by molar-refractivity contribution is 8.24. The number of benzene rings is 3. The third kappa shape index (κ3) is 14.2. The number of aromatic nitrogens is 4. The van der Waals surface area contributed by atoms with Gasteiger partial charge in [-0.15, -0.1) is 0 Å². The zero-order chi connectivity index (χ0) is 35.4. The molecular formula is C28H28Cl5N6O6P. The number of nitrogens with one attached hydrogen (secondary N) is 2. The van der Waals surface area contributed by atoms with Crippen molar-refractivity contribution in [2.75, 3.05) is 5.73 Å². The number of nitrogen functional groups attached to an aromatic ring is 1. The molecule has 2 aromatic heterocycles. The first-order valence-corrected chi connectivity index (χ1v) is 17.7. The van der Waals surface area contributed by atoms with Gasteiger partial charge in [-0.25, -0.2) is 19.6 Å². The van der Waals surface area contributed by atoms with Crippen LogP contribution in [0.15, 0.2) is 64.2 Å². The Morgan fingerprint density at radius 3 is 1.80 bits per heavy atom. The molecular weight excluding hydrogens is 725 g/mol. The maximum Gasteiger partial charge on any atom is 0.339 e. The number of rotatable bonds is 1. The molecule has 12 nitrogen and oxygen atoms in total. The van der Waals surface area contributed by atoms with Crippen LogP contribution in [0.3, 0.4) is 0 Å². The highest BCUT2D eigenvalue weighted by atomic mass is 36.0. The van der Waals surface area contributed by atoms with Crippen LogP contribution in [0.2, 0.25) is 10.4 Å². The van der Waals surface area contributed by atoms with Crippen molar-refractivity contribution in [2.24, 2.45) is 5.73 Å². The number of carbonyl (C=O) groups is 2. The SMILES string of the molecule is CC(N)=O.Cc1cccc(N)c1C(=O)O.Cc1cccc2[nH]c(=O)[nH]c(=O)c12.Cc1cccc2nc(Cl)nc(Cl)c12.O=P(Cl)(Cl)Cl. The number of fused-ring (bicyclic) bond motifs is 2. The van der Waals surface area contributed by atoms with E-state index in [0.717, 1.165) is 22.0 Å². The summed E-state index contributed by atoms with van der Waals surface area (Å²) in [6, 6.07) is 16.1. The third-order valence-electron chi connectivity index (χ3n) is 5.35. The van der Waals surface area contributed by atoms with E-state index < -0.39 is 16.9 Å². The number of H-pyrrole nitrogens is 2. The predicted octanol–water partition coefficient (Wildman–Crippen LogP) is 7.35. The number of primary amides is 1. The summed E-state index contributed by atoms with van der Waals surface area (Å²) < 4.78 is 9.51. The first kappa shape index (κ1) is 40.4. The number of carboxylic acids is 1. The topological polar surface area (TPSA) is 215 Å². The number of hydrogen-bond acceptors (Lipinski definition) is 8. The van der Waals surface area contributed by atoms with E-state index in [1.54, 1.807) is 37.3 Å². The van der Waals surface area contributed by atoms with Gasteiger partial charge in [0, 0.05) is 18.0 Å². The van der Waals surface area contributed by atoms with Gasteiger partial charge in [0.25, 0.3) is 5.56 Å². The van der Waals surface area contributed by atoms with Gasteiger partial charge in [-0.05, 0) is 101 Å². The summed E-state index contributed by atoms with van der Waals surface area (Å²) in [7, 11) is 0. The van der Waals surface area contributed by atoms with Crippen LogP contribution in [0.25, 0.3) is 21.8 Å². The van der Waals surface area contributed by atoms with Gasteiger partial charge < -0.3 is 21.6 Å². The van der Waals surface area contributed by atoms with Crippen LogP contribution in [-0.4, -0.2) is 36.9 Å². The summed E-state index contributed by atoms with van der Waals surface area (Å²) in [5.41, 5.74) is 13.6. The van der Waals surface area contributed by atoms with Crippen LogP contribution in [0.5, 0.6) is 0 Å². The van der Waals surface area contributed by atoms with E-state index in [1.807, 2.05) is 38.1 Å². The lowest BCUT2D eigenvalue weighted by molar-refractivity contribution is -0.115. The second-order valence-electron chi connectivity index (χ2n) is 9.01. The lowest BCUT2D eigenvalue weighted by atomic mass is 10.1. The molecule has 0 saturated heterocycles. The number of nitrogens with zero attached hydrogens (tertiary/aromatic N) is 2. The van der Waals surface area contributed by atoms with E-state index in [1.165, 1.54) is 6.92 Å². The molecule has 0 aliphatic heterocycles. The molecule has 0 bridgehead atoms. The number of carbonyl (C=O) groups excluding carboxylic acids is 1. The maximum atomic E-state index is 11.3. The number of amides is 1. The molecule has 0 unspecified atom stereocenters. The smallest absolute Gasteiger partial charge is 0.339 e. The van der Waals surface area contributed by atoms with E-state index in [-0.39, 0.29) is 22.3 Å². The van der Waals surface area contributed by atoms with Crippen LogP contribution in [0, 0.1) is 20.8 Å². The molecule has 0 fully saturated rings. The van der Waals surface area contributed by atoms with Crippen molar-refractivity contribution < 1.29 is 19.3 Å². The first-order chi connectivity index (χ1) is 21.2. The largest absolute Gasteiger partial charge is 0.478 e. The Morgan fingerprint density at radius 2 is 1.30 bits per heavy atom. The summed E-state index contributed by atoms with van der Waals surface area (Å²) in [6.45, 7) is 6.82. The predicted molar refractivity (Wildman–Crippen MR) is 187 cm³/mol. The molecule has 46 heavy (non-hydrogen) atoms. The monoisotopic (exact) mass is 750 g/mol. The highest BCUT2D eigenvalue weighted by Gasteiger charge is 2.09. The Bertz CT molecular complexity index is 1980. The third-order valence-corrected chi connectivity index (χ3v) is 5.80. The number of hydrogen-bond donors (Lipinski definition) is 5. The minimum Gasteiger partial charge on any atom is -0.478 e. The Hall–Kier alpha value is -3.64. The van der Waals surface area contributed by atoms with Crippen LogP contribution < -0.4 is 22.7 Å². The van der Waals surface area contributed by atoms with Gasteiger partial charge in [-0.3, -0.25) is 19.1 Å². The Kier molecular flexibility index (Phi) is 16.2. The molecule has 0 aliphatic carbocycles. The Balaban J connectivity index is 0.000000306. The molecule has 246 valence electrons. The fourth-order valence-electron chi connectivity index (χ4n) is 3.65. The molecule has 18 heteroatoms. The molecule has 5 aromatic rings. The number of nitrogens with two attached hydrogens (primary N) is 2. The minimum absolute atomic E-state index is 0.183. The van der Waals surface area contributed by atoms with Gasteiger partial charge >= 0.3 is 16.9 Å². The highest BCUT2D eigenvalue weighted by Crippen LogP contribution is 2.61.